The Bertz CT molecular complexity index is 1160. The Morgan fingerprint density at radius 1 is 1.03 bits per heavy atom. The summed E-state index contributed by atoms with van der Waals surface area (Å²) < 4.78 is 11.5. The molecule has 152 valence electrons. The number of carbonyl (C=O) groups excluding carboxylic acids is 1. The minimum atomic E-state index is -0.0744. The minimum Gasteiger partial charge on any atom is -0.492 e. The van der Waals surface area contributed by atoms with Crippen LogP contribution < -0.4 is 10.1 Å². The molecule has 1 aromatic heterocycles. The minimum absolute atomic E-state index is 0.0744. The Labute approximate surface area is 179 Å². The van der Waals surface area contributed by atoms with Gasteiger partial charge in [-0.1, -0.05) is 54.1 Å². The zero-order valence-electron chi connectivity index (χ0n) is 16.3. The second-order valence-electron chi connectivity index (χ2n) is 6.81. The van der Waals surface area contributed by atoms with Crippen LogP contribution in [0.3, 0.4) is 0 Å². The lowest BCUT2D eigenvalue weighted by atomic mass is 10.1. The van der Waals surface area contributed by atoms with Crippen molar-refractivity contribution in [2.75, 3.05) is 13.2 Å². The van der Waals surface area contributed by atoms with Gasteiger partial charge in [0.05, 0.1) is 17.8 Å². The van der Waals surface area contributed by atoms with Crippen LogP contribution in [0, 0.1) is 0 Å². The number of benzene rings is 3. The van der Waals surface area contributed by atoms with Gasteiger partial charge in [0.1, 0.15) is 12.4 Å². The molecule has 0 fully saturated rings. The van der Waals surface area contributed by atoms with Crippen molar-refractivity contribution in [2.45, 2.75) is 12.8 Å². The number of hydrogen-bond acceptors (Lipinski definition) is 4. The van der Waals surface area contributed by atoms with E-state index in [2.05, 4.69) is 16.4 Å². The summed E-state index contributed by atoms with van der Waals surface area (Å²) in [7, 11) is 0. The molecule has 0 unspecified atom stereocenters. The SMILES string of the molecule is O=C(CCc1ncc(-c2ccccc2Cl)o1)NCCOc1ccc2ccccc2c1. The fourth-order valence-electron chi connectivity index (χ4n) is 3.14. The summed E-state index contributed by atoms with van der Waals surface area (Å²) in [5.41, 5.74) is 0.785. The van der Waals surface area contributed by atoms with E-state index in [-0.39, 0.29) is 5.91 Å². The lowest BCUT2D eigenvalue weighted by molar-refractivity contribution is -0.121. The fourth-order valence-corrected chi connectivity index (χ4v) is 3.37. The maximum atomic E-state index is 12.1. The molecule has 5 nitrogen and oxygen atoms in total. The highest BCUT2D eigenvalue weighted by molar-refractivity contribution is 6.33. The van der Waals surface area contributed by atoms with E-state index in [4.69, 9.17) is 20.8 Å². The molecule has 3 aromatic carbocycles. The number of oxazole rings is 1. The van der Waals surface area contributed by atoms with Gasteiger partial charge >= 0.3 is 0 Å². The third-order valence-electron chi connectivity index (χ3n) is 4.67. The predicted octanol–water partition coefficient (Wildman–Crippen LogP) is 5.28. The molecule has 1 heterocycles. The Morgan fingerprint density at radius 3 is 2.70 bits per heavy atom. The molecule has 4 rings (SSSR count). The summed E-state index contributed by atoms with van der Waals surface area (Å²) >= 11 is 6.18. The molecule has 4 aromatic rings. The number of aromatic nitrogens is 1. The second-order valence-corrected chi connectivity index (χ2v) is 7.21. The van der Waals surface area contributed by atoms with Gasteiger partial charge in [0.15, 0.2) is 11.7 Å². The van der Waals surface area contributed by atoms with E-state index < -0.39 is 0 Å². The van der Waals surface area contributed by atoms with Gasteiger partial charge in [0.25, 0.3) is 0 Å². The van der Waals surface area contributed by atoms with Crippen molar-refractivity contribution in [2.24, 2.45) is 0 Å². The number of rotatable bonds is 8. The highest BCUT2D eigenvalue weighted by atomic mass is 35.5. The molecule has 0 saturated carbocycles. The van der Waals surface area contributed by atoms with Crippen LogP contribution >= 0.6 is 11.6 Å². The molecule has 30 heavy (non-hydrogen) atoms. The number of hydrogen-bond donors (Lipinski definition) is 1. The van der Waals surface area contributed by atoms with Gasteiger partial charge in [-0.25, -0.2) is 4.98 Å². The maximum Gasteiger partial charge on any atom is 0.220 e. The molecule has 0 bridgehead atoms. The lowest BCUT2D eigenvalue weighted by Crippen LogP contribution is -2.28. The highest BCUT2D eigenvalue weighted by Gasteiger charge is 2.11. The van der Waals surface area contributed by atoms with Crippen molar-refractivity contribution in [3.63, 3.8) is 0 Å². The van der Waals surface area contributed by atoms with Gasteiger partial charge in [-0.2, -0.15) is 0 Å². The number of aryl methyl sites for hydroxylation is 1. The predicted molar refractivity (Wildman–Crippen MR) is 118 cm³/mol. The molecule has 0 aliphatic carbocycles. The number of amides is 1. The average Bonchev–Trinajstić information content (AvgIpc) is 3.24. The Hall–Kier alpha value is -3.31. The van der Waals surface area contributed by atoms with Gasteiger partial charge in [-0.15, -0.1) is 0 Å². The molecule has 6 heteroatoms. The molecule has 0 saturated heterocycles. The second kappa shape index (κ2) is 9.46. The van der Waals surface area contributed by atoms with Crippen LogP contribution in [-0.4, -0.2) is 24.0 Å². The van der Waals surface area contributed by atoms with Crippen molar-refractivity contribution in [1.82, 2.24) is 10.3 Å². The van der Waals surface area contributed by atoms with E-state index >= 15 is 0 Å². The number of ether oxygens (including phenoxy) is 1. The van der Waals surface area contributed by atoms with E-state index in [1.807, 2.05) is 54.6 Å². The van der Waals surface area contributed by atoms with Crippen LogP contribution in [0.5, 0.6) is 5.75 Å². The monoisotopic (exact) mass is 420 g/mol. The molecular weight excluding hydrogens is 400 g/mol. The van der Waals surface area contributed by atoms with Gasteiger partial charge in [0, 0.05) is 18.4 Å². The molecule has 0 aliphatic heterocycles. The molecular formula is C24H21ClN2O3. The number of carbonyl (C=O) groups is 1. The zero-order valence-corrected chi connectivity index (χ0v) is 17.1. The van der Waals surface area contributed by atoms with Crippen molar-refractivity contribution in [1.29, 1.82) is 0 Å². The first kappa shape index (κ1) is 20.0. The summed E-state index contributed by atoms with van der Waals surface area (Å²) in [4.78, 5) is 16.3. The molecule has 1 amide bonds. The van der Waals surface area contributed by atoms with E-state index in [1.54, 1.807) is 12.3 Å². The van der Waals surface area contributed by atoms with E-state index in [9.17, 15) is 4.79 Å². The first-order chi connectivity index (χ1) is 14.7. The summed E-state index contributed by atoms with van der Waals surface area (Å²) in [5.74, 6) is 1.82. The summed E-state index contributed by atoms with van der Waals surface area (Å²) in [6.07, 6.45) is 2.34. The van der Waals surface area contributed by atoms with E-state index in [0.717, 1.165) is 16.7 Å². The topological polar surface area (TPSA) is 64.4 Å². The van der Waals surface area contributed by atoms with Gasteiger partial charge in [0.2, 0.25) is 5.91 Å². The Balaban J connectivity index is 1.20. The first-order valence-electron chi connectivity index (χ1n) is 9.77. The van der Waals surface area contributed by atoms with Crippen molar-refractivity contribution < 1.29 is 13.9 Å². The molecule has 0 atom stereocenters. The van der Waals surface area contributed by atoms with Crippen molar-refractivity contribution in [3.05, 3.63) is 83.8 Å². The quantitative estimate of drug-likeness (QED) is 0.394. The van der Waals surface area contributed by atoms with Crippen LogP contribution in [0.2, 0.25) is 5.02 Å². The van der Waals surface area contributed by atoms with Gasteiger partial charge < -0.3 is 14.5 Å². The number of halogens is 1. The van der Waals surface area contributed by atoms with E-state index in [1.165, 1.54) is 5.39 Å². The first-order valence-corrected chi connectivity index (χ1v) is 10.1. The van der Waals surface area contributed by atoms with E-state index in [0.29, 0.717) is 42.7 Å². The number of nitrogens with one attached hydrogen (secondary N) is 1. The molecule has 0 spiro atoms. The third kappa shape index (κ3) is 4.99. The lowest BCUT2D eigenvalue weighted by Gasteiger charge is -2.08. The number of nitrogens with zero attached hydrogens (tertiary/aromatic N) is 1. The summed E-state index contributed by atoms with van der Waals surface area (Å²) in [5, 5.41) is 5.75. The van der Waals surface area contributed by atoms with Gasteiger partial charge in [-0.05, 0) is 35.0 Å². The summed E-state index contributed by atoms with van der Waals surface area (Å²) in [6.45, 7) is 0.835. The van der Waals surface area contributed by atoms with Gasteiger partial charge in [-0.3, -0.25) is 4.79 Å². The largest absolute Gasteiger partial charge is 0.492 e. The normalized spacial score (nSPS) is 10.8. The fraction of sp³-hybridized carbons (Fsp3) is 0.167. The smallest absolute Gasteiger partial charge is 0.220 e. The third-order valence-corrected chi connectivity index (χ3v) is 5.00. The van der Waals surface area contributed by atoms with Crippen molar-refractivity contribution in [3.8, 4) is 17.1 Å². The highest BCUT2D eigenvalue weighted by Crippen LogP contribution is 2.28. The Kier molecular flexibility index (Phi) is 6.30. The maximum absolute atomic E-state index is 12.1. The van der Waals surface area contributed by atoms with Crippen LogP contribution in [0.15, 0.2) is 77.3 Å². The number of fused-ring (bicyclic) bond motifs is 1. The van der Waals surface area contributed by atoms with Crippen LogP contribution in [-0.2, 0) is 11.2 Å². The molecule has 0 radical (unpaired) electrons. The average molecular weight is 421 g/mol. The molecule has 1 N–H and O–H groups in total. The van der Waals surface area contributed by atoms with Crippen molar-refractivity contribution >= 4 is 28.3 Å². The summed E-state index contributed by atoms with van der Waals surface area (Å²) in [6, 6.07) is 21.5. The zero-order chi connectivity index (χ0) is 20.8. The Morgan fingerprint density at radius 2 is 1.83 bits per heavy atom. The van der Waals surface area contributed by atoms with Crippen LogP contribution in [0.25, 0.3) is 22.1 Å². The van der Waals surface area contributed by atoms with Crippen LogP contribution in [0.4, 0.5) is 0 Å². The van der Waals surface area contributed by atoms with Crippen LogP contribution in [0.1, 0.15) is 12.3 Å². The standard InChI is InChI=1S/C24H21ClN2O3/c25-21-8-4-3-7-20(21)22-16-27-24(30-22)12-11-23(28)26-13-14-29-19-10-9-17-5-1-2-6-18(17)15-19/h1-10,15-16H,11-14H2,(H,26,28). The molecule has 0 aliphatic rings.